The number of amides is 1. The second-order valence-corrected chi connectivity index (χ2v) is 8.26. The lowest BCUT2D eigenvalue weighted by atomic mass is 9.62. The second kappa shape index (κ2) is 6.52. The van der Waals surface area contributed by atoms with Gasteiger partial charge in [0.05, 0.1) is 0 Å². The largest absolute Gasteiger partial charge is 0.508 e. The van der Waals surface area contributed by atoms with Gasteiger partial charge in [-0.15, -0.1) is 0 Å². The molecule has 1 heterocycles. The Hall–Kier alpha value is -1.75. The van der Waals surface area contributed by atoms with Crippen LogP contribution in [0, 0.1) is 11.8 Å². The summed E-state index contributed by atoms with van der Waals surface area (Å²) in [6, 6.07) is 7.37. The van der Waals surface area contributed by atoms with Crippen molar-refractivity contribution in [1.29, 1.82) is 0 Å². The van der Waals surface area contributed by atoms with Crippen LogP contribution in [0.5, 0.6) is 5.75 Å². The molecule has 2 unspecified atom stereocenters. The number of phenolic OH excluding ortho intramolecular Hbond substituents is 1. The number of nitrogens with zero attached hydrogens (tertiary/aromatic N) is 1. The molecule has 1 amide bonds. The number of piperidine rings is 1. The molecule has 1 aliphatic carbocycles. The Morgan fingerprint density at radius 3 is 2.40 bits per heavy atom. The molecule has 138 valence electrons. The average Bonchev–Trinajstić information content (AvgIpc) is 2.51. The van der Waals surface area contributed by atoms with Crippen molar-refractivity contribution in [2.75, 3.05) is 20.2 Å². The number of carbonyl (C=O) groups is 1. The van der Waals surface area contributed by atoms with Gasteiger partial charge in [0.15, 0.2) is 0 Å². The topological polar surface area (TPSA) is 59.0 Å². The Kier molecular flexibility index (Phi) is 4.71. The molecular weight excluding hydrogens is 318 g/mol. The summed E-state index contributed by atoms with van der Waals surface area (Å²) < 4.78 is 11.7. The molecule has 2 atom stereocenters. The summed E-state index contributed by atoms with van der Waals surface area (Å²) in [5.74, 6) is 0.639. The van der Waals surface area contributed by atoms with Crippen molar-refractivity contribution >= 4 is 6.09 Å². The normalized spacial score (nSPS) is 29.4. The Labute approximate surface area is 149 Å². The molecule has 1 N–H and O–H groups in total. The first-order chi connectivity index (χ1) is 11.8. The molecule has 1 aliphatic heterocycles. The van der Waals surface area contributed by atoms with Crippen LogP contribution in [0.4, 0.5) is 4.79 Å². The third-order valence-corrected chi connectivity index (χ3v) is 5.49. The molecule has 0 radical (unpaired) electrons. The molecule has 1 saturated heterocycles. The SMILES string of the molecule is COC1(c2cccc(O)c2)C2CCCC1CN(C(=O)OC(C)(C)C)C2. The summed E-state index contributed by atoms with van der Waals surface area (Å²) in [4.78, 5) is 14.4. The van der Waals surface area contributed by atoms with Gasteiger partial charge >= 0.3 is 6.09 Å². The lowest BCUT2D eigenvalue weighted by Crippen LogP contribution is -2.60. The van der Waals surface area contributed by atoms with Gasteiger partial charge in [0.2, 0.25) is 0 Å². The van der Waals surface area contributed by atoms with Crippen LogP contribution in [0.2, 0.25) is 0 Å². The average molecular weight is 347 g/mol. The fourth-order valence-corrected chi connectivity index (χ4v) is 4.58. The molecule has 0 spiro atoms. The number of phenols is 1. The predicted octanol–water partition coefficient (Wildman–Crippen LogP) is 3.90. The minimum Gasteiger partial charge on any atom is -0.508 e. The van der Waals surface area contributed by atoms with E-state index in [1.54, 1.807) is 19.2 Å². The minimum atomic E-state index is -0.493. The number of aromatic hydroxyl groups is 1. The van der Waals surface area contributed by atoms with Crippen molar-refractivity contribution in [3.8, 4) is 5.75 Å². The van der Waals surface area contributed by atoms with Gasteiger partial charge in [-0.3, -0.25) is 0 Å². The fourth-order valence-electron chi connectivity index (χ4n) is 4.58. The highest BCUT2D eigenvalue weighted by Crippen LogP contribution is 2.52. The maximum Gasteiger partial charge on any atom is 0.410 e. The smallest absolute Gasteiger partial charge is 0.410 e. The maximum absolute atomic E-state index is 12.6. The van der Waals surface area contributed by atoms with E-state index in [1.165, 1.54) is 0 Å². The van der Waals surface area contributed by atoms with Gasteiger partial charge in [0, 0.05) is 32.0 Å². The molecule has 1 aromatic rings. The van der Waals surface area contributed by atoms with Crippen LogP contribution in [0.15, 0.2) is 24.3 Å². The number of fused-ring (bicyclic) bond motifs is 2. The van der Waals surface area contributed by atoms with Gasteiger partial charge < -0.3 is 19.5 Å². The van der Waals surface area contributed by atoms with Crippen molar-refractivity contribution < 1.29 is 19.4 Å². The Morgan fingerprint density at radius 1 is 1.24 bits per heavy atom. The molecule has 0 aromatic heterocycles. The van der Waals surface area contributed by atoms with Gasteiger partial charge in [-0.05, 0) is 51.3 Å². The van der Waals surface area contributed by atoms with Crippen molar-refractivity contribution in [3.63, 3.8) is 0 Å². The number of rotatable bonds is 2. The Morgan fingerprint density at radius 2 is 1.88 bits per heavy atom. The van der Waals surface area contributed by atoms with E-state index in [1.807, 2.05) is 37.8 Å². The second-order valence-electron chi connectivity index (χ2n) is 8.26. The fraction of sp³-hybridized carbons (Fsp3) is 0.650. The summed E-state index contributed by atoms with van der Waals surface area (Å²) in [6.45, 7) is 6.91. The highest BCUT2D eigenvalue weighted by atomic mass is 16.6. The summed E-state index contributed by atoms with van der Waals surface area (Å²) in [6.07, 6.45) is 2.89. The van der Waals surface area contributed by atoms with Gasteiger partial charge in [-0.25, -0.2) is 4.79 Å². The summed E-state index contributed by atoms with van der Waals surface area (Å²) in [5, 5.41) is 9.94. The monoisotopic (exact) mass is 347 g/mol. The Balaban J connectivity index is 1.90. The highest BCUT2D eigenvalue weighted by molar-refractivity contribution is 5.68. The number of hydrogen-bond donors (Lipinski definition) is 1. The van der Waals surface area contributed by atoms with E-state index in [0.717, 1.165) is 24.8 Å². The van der Waals surface area contributed by atoms with E-state index in [4.69, 9.17) is 9.47 Å². The van der Waals surface area contributed by atoms with Crippen molar-refractivity contribution in [2.24, 2.45) is 11.8 Å². The number of hydrogen-bond acceptors (Lipinski definition) is 4. The third-order valence-electron chi connectivity index (χ3n) is 5.49. The number of likely N-dealkylation sites (tertiary alicyclic amines) is 1. The zero-order chi connectivity index (χ0) is 18.2. The van der Waals surface area contributed by atoms with Crippen LogP contribution in [-0.4, -0.2) is 41.9 Å². The number of carbonyl (C=O) groups excluding carboxylic acids is 1. The summed E-state index contributed by atoms with van der Waals surface area (Å²) >= 11 is 0. The zero-order valence-corrected chi connectivity index (χ0v) is 15.6. The van der Waals surface area contributed by atoms with Gasteiger partial charge in [-0.2, -0.15) is 0 Å². The standard InChI is InChI=1S/C20H29NO4/c1-19(2,3)25-18(23)21-12-15-8-5-9-16(13-21)20(15,24-4)14-7-6-10-17(22)11-14/h6-7,10-11,15-16,22H,5,8-9,12-13H2,1-4H3. The molecule has 3 rings (SSSR count). The molecule has 5 nitrogen and oxygen atoms in total. The molecular formula is C20H29NO4. The van der Waals surface area contributed by atoms with E-state index >= 15 is 0 Å². The van der Waals surface area contributed by atoms with Crippen molar-refractivity contribution in [2.45, 2.75) is 51.2 Å². The number of methoxy groups -OCH3 is 1. The first-order valence-electron chi connectivity index (χ1n) is 9.09. The molecule has 1 saturated carbocycles. The number of benzene rings is 1. The van der Waals surface area contributed by atoms with E-state index in [9.17, 15) is 9.90 Å². The van der Waals surface area contributed by atoms with E-state index in [-0.39, 0.29) is 23.7 Å². The van der Waals surface area contributed by atoms with E-state index in [0.29, 0.717) is 13.1 Å². The van der Waals surface area contributed by atoms with Crippen molar-refractivity contribution in [1.82, 2.24) is 4.90 Å². The lowest BCUT2D eigenvalue weighted by molar-refractivity contribution is -0.166. The first kappa shape index (κ1) is 18.1. The van der Waals surface area contributed by atoms with Crippen LogP contribution in [-0.2, 0) is 15.1 Å². The van der Waals surface area contributed by atoms with Gasteiger partial charge in [-0.1, -0.05) is 18.6 Å². The maximum atomic E-state index is 12.6. The van der Waals surface area contributed by atoms with Crippen molar-refractivity contribution in [3.05, 3.63) is 29.8 Å². The molecule has 5 heteroatoms. The summed E-state index contributed by atoms with van der Waals surface area (Å²) in [7, 11) is 1.75. The lowest BCUT2D eigenvalue weighted by Gasteiger charge is -2.55. The quantitative estimate of drug-likeness (QED) is 0.881. The Bertz CT molecular complexity index is 623. The molecule has 2 bridgehead atoms. The predicted molar refractivity (Wildman–Crippen MR) is 95.4 cm³/mol. The number of ether oxygens (including phenoxy) is 2. The van der Waals surface area contributed by atoms with Gasteiger partial charge in [0.1, 0.15) is 17.0 Å². The van der Waals surface area contributed by atoms with Crippen LogP contribution in [0.3, 0.4) is 0 Å². The molecule has 2 aliphatic rings. The third kappa shape index (κ3) is 3.34. The van der Waals surface area contributed by atoms with Crippen LogP contribution >= 0.6 is 0 Å². The summed E-state index contributed by atoms with van der Waals surface area (Å²) in [5.41, 5.74) is 0.0661. The van der Waals surface area contributed by atoms with Crippen LogP contribution in [0.1, 0.15) is 45.6 Å². The molecule has 1 aromatic carbocycles. The van der Waals surface area contributed by atoms with Crippen LogP contribution in [0.25, 0.3) is 0 Å². The molecule has 2 fully saturated rings. The zero-order valence-electron chi connectivity index (χ0n) is 15.6. The van der Waals surface area contributed by atoms with Crippen LogP contribution < -0.4 is 0 Å². The highest BCUT2D eigenvalue weighted by Gasteiger charge is 2.54. The van der Waals surface area contributed by atoms with E-state index in [2.05, 4.69) is 0 Å². The minimum absolute atomic E-state index is 0.194. The van der Waals surface area contributed by atoms with E-state index < -0.39 is 11.2 Å². The van der Waals surface area contributed by atoms with Gasteiger partial charge in [0.25, 0.3) is 0 Å². The molecule has 25 heavy (non-hydrogen) atoms. The first-order valence-corrected chi connectivity index (χ1v) is 9.09.